The molecule has 0 N–H and O–H groups in total. The Kier molecular flexibility index (Phi) is 8.43. The Labute approximate surface area is 163 Å². The standard InChI is InChI=1S/C23H45NO2/c1-22(2,3)17-19-15-20(16-19)18-24-11-9-21(10-12-24)25-13-7-8-14-26-23(4,5)6/h19-21H,7-18H2,1-6H3. The summed E-state index contributed by atoms with van der Waals surface area (Å²) in [5.74, 6) is 1.95. The summed E-state index contributed by atoms with van der Waals surface area (Å²) in [6, 6.07) is 0. The molecule has 0 aromatic carbocycles. The number of unbranched alkanes of at least 4 members (excludes halogenated alkanes) is 1. The van der Waals surface area contributed by atoms with E-state index in [0.29, 0.717) is 11.5 Å². The van der Waals surface area contributed by atoms with Crippen LogP contribution in [0.15, 0.2) is 0 Å². The van der Waals surface area contributed by atoms with E-state index in [1.807, 2.05) is 0 Å². The predicted molar refractivity (Wildman–Crippen MR) is 111 cm³/mol. The summed E-state index contributed by atoms with van der Waals surface area (Å²) in [6.45, 7) is 19.0. The van der Waals surface area contributed by atoms with Crippen molar-refractivity contribution in [3.05, 3.63) is 0 Å². The molecule has 1 aliphatic carbocycles. The SMILES string of the molecule is CC(C)(C)CC1CC(CN2CCC(OCCCCOC(C)(C)C)CC2)C1. The average Bonchev–Trinajstić information content (AvgIpc) is 2.48. The average molecular weight is 368 g/mol. The zero-order chi connectivity index (χ0) is 19.2. The number of nitrogens with zero attached hydrogens (tertiary/aromatic N) is 1. The van der Waals surface area contributed by atoms with E-state index in [-0.39, 0.29) is 5.60 Å². The first kappa shape index (κ1) is 22.2. The normalized spacial score (nSPS) is 26.1. The third-order valence-corrected chi connectivity index (χ3v) is 5.71. The van der Waals surface area contributed by atoms with E-state index in [9.17, 15) is 0 Å². The summed E-state index contributed by atoms with van der Waals surface area (Å²) in [6.07, 6.45) is 9.48. The Morgan fingerprint density at radius 3 is 2.04 bits per heavy atom. The Bertz CT molecular complexity index is 382. The number of likely N-dealkylation sites (tertiary alicyclic amines) is 1. The molecule has 2 rings (SSSR count). The minimum Gasteiger partial charge on any atom is -0.378 e. The molecule has 0 bridgehead atoms. The first-order valence-electron chi connectivity index (χ1n) is 11.1. The summed E-state index contributed by atoms with van der Waals surface area (Å²) in [5, 5.41) is 0. The van der Waals surface area contributed by atoms with Gasteiger partial charge in [-0.05, 0) is 83.0 Å². The maximum absolute atomic E-state index is 6.10. The van der Waals surface area contributed by atoms with E-state index < -0.39 is 0 Å². The van der Waals surface area contributed by atoms with E-state index in [0.717, 1.165) is 37.9 Å². The summed E-state index contributed by atoms with van der Waals surface area (Å²) in [4.78, 5) is 2.69. The minimum atomic E-state index is -0.0130. The molecule has 1 aliphatic heterocycles. The largest absolute Gasteiger partial charge is 0.378 e. The van der Waals surface area contributed by atoms with Crippen molar-refractivity contribution in [2.24, 2.45) is 17.3 Å². The van der Waals surface area contributed by atoms with Gasteiger partial charge in [-0.2, -0.15) is 0 Å². The fraction of sp³-hybridized carbons (Fsp3) is 1.00. The number of hydrogen-bond acceptors (Lipinski definition) is 3. The number of piperidine rings is 1. The summed E-state index contributed by atoms with van der Waals surface area (Å²) in [5.41, 5.74) is 0.491. The molecule has 1 saturated heterocycles. The molecule has 0 amide bonds. The van der Waals surface area contributed by atoms with Gasteiger partial charge in [0.25, 0.3) is 0 Å². The predicted octanol–water partition coefficient (Wildman–Crippen LogP) is 5.53. The zero-order valence-electron chi connectivity index (χ0n) is 18.5. The molecule has 0 radical (unpaired) electrons. The first-order chi connectivity index (χ1) is 12.1. The fourth-order valence-electron chi connectivity index (χ4n) is 4.51. The van der Waals surface area contributed by atoms with Crippen LogP contribution < -0.4 is 0 Å². The van der Waals surface area contributed by atoms with Gasteiger partial charge < -0.3 is 14.4 Å². The molecule has 0 aromatic rings. The molecule has 154 valence electrons. The molecule has 2 aliphatic rings. The monoisotopic (exact) mass is 367 g/mol. The van der Waals surface area contributed by atoms with Crippen LogP contribution in [0.5, 0.6) is 0 Å². The molecule has 0 unspecified atom stereocenters. The molecule has 1 saturated carbocycles. The molecule has 0 spiro atoms. The molecular formula is C23H45NO2. The first-order valence-corrected chi connectivity index (χ1v) is 11.1. The summed E-state index contributed by atoms with van der Waals surface area (Å²) >= 11 is 0. The van der Waals surface area contributed by atoms with E-state index in [1.54, 1.807) is 0 Å². The van der Waals surface area contributed by atoms with Crippen LogP contribution in [0.4, 0.5) is 0 Å². The molecule has 2 fully saturated rings. The van der Waals surface area contributed by atoms with Crippen molar-refractivity contribution < 1.29 is 9.47 Å². The van der Waals surface area contributed by atoms with E-state index >= 15 is 0 Å². The Balaban J connectivity index is 1.46. The molecule has 0 aromatic heterocycles. The van der Waals surface area contributed by atoms with Crippen molar-refractivity contribution >= 4 is 0 Å². The van der Waals surface area contributed by atoms with E-state index in [4.69, 9.17) is 9.47 Å². The number of hydrogen-bond donors (Lipinski definition) is 0. The highest BCUT2D eigenvalue weighted by Crippen LogP contribution is 2.41. The van der Waals surface area contributed by atoms with Crippen LogP contribution in [0.2, 0.25) is 0 Å². The molecule has 26 heavy (non-hydrogen) atoms. The van der Waals surface area contributed by atoms with Crippen LogP contribution in [-0.4, -0.2) is 49.5 Å². The van der Waals surface area contributed by atoms with Gasteiger partial charge in [-0.15, -0.1) is 0 Å². The van der Waals surface area contributed by atoms with Crippen molar-refractivity contribution in [1.82, 2.24) is 4.90 Å². The lowest BCUT2D eigenvalue weighted by Crippen LogP contribution is -2.42. The highest BCUT2D eigenvalue weighted by molar-refractivity contribution is 4.86. The molecule has 1 heterocycles. The topological polar surface area (TPSA) is 21.7 Å². The summed E-state index contributed by atoms with van der Waals surface area (Å²) in [7, 11) is 0. The molecule has 0 atom stereocenters. The fourth-order valence-corrected chi connectivity index (χ4v) is 4.51. The van der Waals surface area contributed by atoms with Crippen molar-refractivity contribution in [3.63, 3.8) is 0 Å². The van der Waals surface area contributed by atoms with Gasteiger partial charge in [-0.1, -0.05) is 20.8 Å². The highest BCUT2D eigenvalue weighted by atomic mass is 16.5. The maximum atomic E-state index is 6.10. The number of ether oxygens (including phenoxy) is 2. The van der Waals surface area contributed by atoms with Gasteiger partial charge in [-0.25, -0.2) is 0 Å². The smallest absolute Gasteiger partial charge is 0.0599 e. The van der Waals surface area contributed by atoms with Crippen LogP contribution in [-0.2, 0) is 9.47 Å². The quantitative estimate of drug-likeness (QED) is 0.500. The lowest BCUT2D eigenvalue weighted by atomic mass is 9.68. The van der Waals surface area contributed by atoms with Crippen LogP contribution >= 0.6 is 0 Å². The van der Waals surface area contributed by atoms with Gasteiger partial charge in [-0.3, -0.25) is 0 Å². The molecule has 3 nitrogen and oxygen atoms in total. The highest BCUT2D eigenvalue weighted by Gasteiger charge is 2.33. The van der Waals surface area contributed by atoms with Crippen LogP contribution in [0.3, 0.4) is 0 Å². The van der Waals surface area contributed by atoms with Gasteiger partial charge in [0, 0.05) is 32.8 Å². The van der Waals surface area contributed by atoms with Crippen LogP contribution in [0.25, 0.3) is 0 Å². The second-order valence-electron chi connectivity index (χ2n) is 11.0. The Morgan fingerprint density at radius 2 is 1.46 bits per heavy atom. The van der Waals surface area contributed by atoms with Crippen molar-refractivity contribution in [2.45, 2.75) is 98.2 Å². The van der Waals surface area contributed by atoms with Gasteiger partial charge in [0.05, 0.1) is 11.7 Å². The zero-order valence-corrected chi connectivity index (χ0v) is 18.5. The maximum Gasteiger partial charge on any atom is 0.0599 e. The third kappa shape index (κ3) is 9.19. The van der Waals surface area contributed by atoms with E-state index in [2.05, 4.69) is 46.4 Å². The second kappa shape index (κ2) is 9.89. The minimum absolute atomic E-state index is 0.0130. The van der Waals surface area contributed by atoms with Gasteiger partial charge >= 0.3 is 0 Å². The second-order valence-corrected chi connectivity index (χ2v) is 11.0. The van der Waals surface area contributed by atoms with Crippen molar-refractivity contribution in [3.8, 4) is 0 Å². The lowest BCUT2D eigenvalue weighted by Gasteiger charge is -2.42. The number of rotatable bonds is 9. The third-order valence-electron chi connectivity index (χ3n) is 5.71. The Hall–Kier alpha value is -0.120. The van der Waals surface area contributed by atoms with Gasteiger partial charge in [0.15, 0.2) is 0 Å². The van der Waals surface area contributed by atoms with Gasteiger partial charge in [0.2, 0.25) is 0 Å². The Morgan fingerprint density at radius 1 is 0.846 bits per heavy atom. The van der Waals surface area contributed by atoms with E-state index in [1.165, 1.54) is 51.7 Å². The van der Waals surface area contributed by atoms with Crippen molar-refractivity contribution in [2.75, 3.05) is 32.8 Å². The van der Waals surface area contributed by atoms with Crippen LogP contribution in [0.1, 0.15) is 86.5 Å². The molecule has 3 heteroatoms. The molecular weight excluding hydrogens is 322 g/mol. The van der Waals surface area contributed by atoms with Gasteiger partial charge in [0.1, 0.15) is 0 Å². The lowest BCUT2D eigenvalue weighted by molar-refractivity contribution is -0.0200. The summed E-state index contributed by atoms with van der Waals surface area (Å²) < 4.78 is 11.9. The van der Waals surface area contributed by atoms with Crippen LogP contribution in [0, 0.1) is 17.3 Å². The van der Waals surface area contributed by atoms with Crippen molar-refractivity contribution in [1.29, 1.82) is 0 Å².